The molecule has 0 fully saturated rings. The Hall–Kier alpha value is -3.05. The molecule has 5 heteroatoms. The molecule has 0 saturated heterocycles. The number of hydrogen-bond donors (Lipinski definition) is 2. The highest BCUT2D eigenvalue weighted by Gasteiger charge is 2.13. The van der Waals surface area contributed by atoms with E-state index >= 15 is 0 Å². The first-order valence-electron chi connectivity index (χ1n) is 9.13. The lowest BCUT2D eigenvalue weighted by Gasteiger charge is -2.14. The lowest BCUT2D eigenvalue weighted by atomic mass is 10.1. The SMILES string of the molecule is Cc1ccccc1C=CC=CCN1NN=C(Cc2ccc(N(C)C)cc2)N1. The summed E-state index contributed by atoms with van der Waals surface area (Å²) >= 11 is 0. The summed E-state index contributed by atoms with van der Waals surface area (Å²) in [6, 6.07) is 16.9. The van der Waals surface area contributed by atoms with Crippen LogP contribution >= 0.6 is 0 Å². The van der Waals surface area contributed by atoms with Crippen molar-refractivity contribution in [2.45, 2.75) is 13.3 Å². The quantitative estimate of drug-likeness (QED) is 0.741. The minimum atomic E-state index is 0.713. The van der Waals surface area contributed by atoms with E-state index in [1.807, 2.05) is 25.3 Å². The summed E-state index contributed by atoms with van der Waals surface area (Å²) in [6.45, 7) is 2.83. The smallest absolute Gasteiger partial charge is 0.144 e. The largest absolute Gasteiger partial charge is 0.378 e. The van der Waals surface area contributed by atoms with Crippen molar-refractivity contribution in [1.29, 1.82) is 0 Å². The van der Waals surface area contributed by atoms with Gasteiger partial charge in [-0.3, -0.25) is 5.43 Å². The third-order valence-corrected chi connectivity index (χ3v) is 4.39. The third-order valence-electron chi connectivity index (χ3n) is 4.39. The lowest BCUT2D eigenvalue weighted by Crippen LogP contribution is -2.41. The summed E-state index contributed by atoms with van der Waals surface area (Å²) in [6.07, 6.45) is 9.09. The second-order valence-electron chi connectivity index (χ2n) is 6.76. The molecule has 0 amide bonds. The van der Waals surface area contributed by atoms with E-state index in [1.54, 1.807) is 0 Å². The van der Waals surface area contributed by atoms with Gasteiger partial charge in [0.1, 0.15) is 5.84 Å². The maximum Gasteiger partial charge on any atom is 0.144 e. The highest BCUT2D eigenvalue weighted by atomic mass is 15.9. The van der Waals surface area contributed by atoms with Crippen molar-refractivity contribution in [1.82, 2.24) is 16.1 Å². The first-order chi connectivity index (χ1) is 13.1. The maximum absolute atomic E-state index is 4.35. The number of benzene rings is 2. The summed E-state index contributed by atoms with van der Waals surface area (Å²) in [4.78, 5) is 2.10. The number of hydrogen-bond acceptors (Lipinski definition) is 5. The molecule has 27 heavy (non-hydrogen) atoms. The average Bonchev–Trinajstić information content (AvgIpc) is 3.10. The number of allylic oxidation sites excluding steroid dienone is 2. The average molecular weight is 361 g/mol. The van der Waals surface area contributed by atoms with Gasteiger partial charge >= 0.3 is 0 Å². The molecule has 0 bridgehead atoms. The topological polar surface area (TPSA) is 42.9 Å². The molecule has 0 radical (unpaired) electrons. The van der Waals surface area contributed by atoms with Crippen molar-refractivity contribution in [3.05, 3.63) is 83.4 Å². The first kappa shape index (κ1) is 18.7. The Balaban J connectivity index is 1.43. The zero-order valence-corrected chi connectivity index (χ0v) is 16.2. The molecule has 0 spiro atoms. The summed E-state index contributed by atoms with van der Waals surface area (Å²) in [5.41, 5.74) is 11.2. The fraction of sp³-hybridized carbons (Fsp3) is 0.227. The molecule has 0 aliphatic carbocycles. The zero-order chi connectivity index (χ0) is 19.1. The van der Waals surface area contributed by atoms with Crippen LogP contribution < -0.4 is 15.9 Å². The van der Waals surface area contributed by atoms with Crippen molar-refractivity contribution in [3.63, 3.8) is 0 Å². The zero-order valence-electron chi connectivity index (χ0n) is 16.2. The van der Waals surface area contributed by atoms with E-state index in [4.69, 9.17) is 0 Å². The molecule has 140 valence electrons. The van der Waals surface area contributed by atoms with Gasteiger partial charge in [0.2, 0.25) is 0 Å². The summed E-state index contributed by atoms with van der Waals surface area (Å²) < 4.78 is 0. The molecule has 2 aromatic rings. The molecule has 0 atom stereocenters. The van der Waals surface area contributed by atoms with E-state index in [2.05, 4.69) is 94.6 Å². The van der Waals surface area contributed by atoms with Crippen LogP contribution in [0.3, 0.4) is 0 Å². The van der Waals surface area contributed by atoms with Gasteiger partial charge < -0.3 is 4.90 Å². The van der Waals surface area contributed by atoms with Crippen molar-refractivity contribution >= 4 is 17.6 Å². The van der Waals surface area contributed by atoms with Crippen LogP contribution in [0.5, 0.6) is 0 Å². The molecule has 1 aliphatic rings. The Morgan fingerprint density at radius 2 is 1.81 bits per heavy atom. The number of rotatable bonds is 7. The molecule has 1 heterocycles. The summed E-state index contributed by atoms with van der Waals surface area (Å²) in [7, 11) is 4.09. The number of hydrazine groups is 2. The van der Waals surface area contributed by atoms with Crippen LogP contribution in [0.15, 0.2) is 71.9 Å². The van der Waals surface area contributed by atoms with Gasteiger partial charge in [0.25, 0.3) is 0 Å². The first-order valence-corrected chi connectivity index (χ1v) is 9.13. The molecular formula is C22H27N5. The number of nitrogens with zero attached hydrogens (tertiary/aromatic N) is 3. The molecular weight excluding hydrogens is 334 g/mol. The Morgan fingerprint density at radius 1 is 1.04 bits per heavy atom. The van der Waals surface area contributed by atoms with Gasteiger partial charge in [0.05, 0.1) is 6.54 Å². The van der Waals surface area contributed by atoms with Gasteiger partial charge in [-0.25, -0.2) is 5.53 Å². The molecule has 0 aromatic heterocycles. The standard InChI is InChI=1S/C22H27N5/c1-18-9-6-7-11-20(18)10-5-4-8-16-27-24-22(23-25-27)17-19-12-14-21(15-13-19)26(2)3/h4-15,25H,16-17H2,1-3H3,(H,23,24). The third kappa shape index (κ3) is 5.46. The monoisotopic (exact) mass is 361 g/mol. The number of hydrazone groups is 1. The highest BCUT2D eigenvalue weighted by Crippen LogP contribution is 2.13. The Kier molecular flexibility index (Phi) is 6.28. The van der Waals surface area contributed by atoms with Crippen molar-refractivity contribution < 1.29 is 0 Å². The van der Waals surface area contributed by atoms with E-state index < -0.39 is 0 Å². The van der Waals surface area contributed by atoms with Crippen molar-refractivity contribution in [2.24, 2.45) is 5.10 Å². The molecule has 1 aliphatic heterocycles. The van der Waals surface area contributed by atoms with E-state index in [1.165, 1.54) is 22.4 Å². The molecule has 0 unspecified atom stereocenters. The van der Waals surface area contributed by atoms with Crippen LogP contribution in [0.25, 0.3) is 6.08 Å². The molecule has 3 rings (SSSR count). The fourth-order valence-corrected chi connectivity index (χ4v) is 2.78. The van der Waals surface area contributed by atoms with Crippen LogP contribution in [-0.2, 0) is 6.42 Å². The fourth-order valence-electron chi connectivity index (χ4n) is 2.78. The minimum absolute atomic E-state index is 0.713. The van der Waals surface area contributed by atoms with Gasteiger partial charge in [-0.1, -0.05) is 60.7 Å². The Labute approximate surface area is 161 Å². The molecule has 2 N–H and O–H groups in total. The van der Waals surface area contributed by atoms with Crippen LogP contribution in [0, 0.1) is 6.92 Å². The van der Waals surface area contributed by atoms with Gasteiger partial charge in [0, 0.05) is 26.2 Å². The predicted molar refractivity (Wildman–Crippen MR) is 114 cm³/mol. The van der Waals surface area contributed by atoms with E-state index in [9.17, 15) is 0 Å². The van der Waals surface area contributed by atoms with Gasteiger partial charge in [0.15, 0.2) is 0 Å². The second-order valence-corrected chi connectivity index (χ2v) is 6.76. The Bertz CT molecular complexity index is 834. The van der Waals surface area contributed by atoms with Crippen LogP contribution in [0.2, 0.25) is 0 Å². The van der Waals surface area contributed by atoms with Gasteiger partial charge in [-0.15, -0.1) is 10.2 Å². The van der Waals surface area contributed by atoms with Crippen molar-refractivity contribution in [3.8, 4) is 0 Å². The van der Waals surface area contributed by atoms with Crippen LogP contribution in [0.1, 0.15) is 16.7 Å². The minimum Gasteiger partial charge on any atom is -0.378 e. The predicted octanol–water partition coefficient (Wildman–Crippen LogP) is 3.51. The number of aryl methyl sites for hydroxylation is 1. The number of amidine groups is 1. The summed E-state index contributed by atoms with van der Waals surface area (Å²) in [5, 5.41) is 6.21. The molecule has 2 aromatic carbocycles. The van der Waals surface area contributed by atoms with Crippen LogP contribution in [0.4, 0.5) is 5.69 Å². The lowest BCUT2D eigenvalue weighted by molar-refractivity contribution is 0.202. The normalized spacial score (nSPS) is 14.4. The van der Waals surface area contributed by atoms with E-state index in [0.29, 0.717) is 6.54 Å². The maximum atomic E-state index is 4.35. The second kappa shape index (κ2) is 9.05. The highest BCUT2D eigenvalue weighted by molar-refractivity contribution is 5.84. The van der Waals surface area contributed by atoms with E-state index in [-0.39, 0.29) is 0 Å². The number of anilines is 1. The summed E-state index contributed by atoms with van der Waals surface area (Å²) in [5.74, 6) is 0.913. The van der Waals surface area contributed by atoms with Crippen LogP contribution in [-0.4, -0.2) is 31.6 Å². The number of nitrogens with one attached hydrogen (secondary N) is 2. The Morgan fingerprint density at radius 3 is 2.56 bits per heavy atom. The van der Waals surface area contributed by atoms with Gasteiger partial charge in [-0.2, -0.15) is 0 Å². The molecule has 0 saturated carbocycles. The molecule has 5 nitrogen and oxygen atoms in total. The van der Waals surface area contributed by atoms with E-state index in [0.717, 1.165) is 12.3 Å². The van der Waals surface area contributed by atoms with Crippen molar-refractivity contribution in [2.75, 3.05) is 25.5 Å². The van der Waals surface area contributed by atoms with Gasteiger partial charge in [-0.05, 0) is 35.7 Å².